The molecule has 1 aliphatic rings. The highest BCUT2D eigenvalue weighted by molar-refractivity contribution is 7.92. The molecular formula is C69H56N22O14S8. The number of hydrogen-bond acceptors (Lipinski definition) is 34. The van der Waals surface area contributed by atoms with E-state index in [0.29, 0.717) is 98.9 Å². The van der Waals surface area contributed by atoms with E-state index in [9.17, 15) is 63.7 Å². The Morgan fingerprint density at radius 3 is 1.21 bits per heavy atom. The molecule has 44 heteroatoms. The van der Waals surface area contributed by atoms with Crippen molar-refractivity contribution in [3.63, 3.8) is 0 Å². The number of azo groups is 4. The number of aromatic hydroxyl groups is 4. The Morgan fingerprint density at radius 1 is 0.451 bits per heavy atom. The van der Waals surface area contributed by atoms with Gasteiger partial charge in [0.05, 0.1) is 85.7 Å². The second kappa shape index (κ2) is 31.5. The fourth-order valence-corrected chi connectivity index (χ4v) is 16.6. The summed E-state index contributed by atoms with van der Waals surface area (Å²) < 4.78 is 119. The Balaban J connectivity index is 0.000000132. The first-order valence-electron chi connectivity index (χ1n) is 32.4. The van der Waals surface area contributed by atoms with E-state index in [1.54, 1.807) is 91.5 Å². The van der Waals surface area contributed by atoms with Crippen LogP contribution in [0.1, 0.15) is 36.2 Å². The molecule has 113 heavy (non-hydrogen) atoms. The number of primary sulfonamides is 1. The van der Waals surface area contributed by atoms with Gasteiger partial charge in [-0.15, -0.1) is 40.9 Å². The molecule has 0 saturated carbocycles. The number of anilines is 4. The zero-order valence-corrected chi connectivity index (χ0v) is 65.3. The minimum atomic E-state index is -4.31. The molecule has 0 unspecified atom stereocenters. The van der Waals surface area contributed by atoms with Crippen molar-refractivity contribution in [3.05, 3.63) is 175 Å². The first kappa shape index (κ1) is 78.3. The van der Waals surface area contributed by atoms with Crippen molar-refractivity contribution < 1.29 is 63.7 Å². The number of fused-ring (bicyclic) bond motifs is 8. The van der Waals surface area contributed by atoms with Crippen molar-refractivity contribution in [1.82, 2.24) is 37.4 Å². The standard InChI is InChI=1S/C18H14N6O4S2.C17H14N6O5S3.C17H13N5O3S2.C17H15N5O2S/c1-30(27,28)24-12-6-2-4-9-14(12)13(8-11(15(9)25)16(19)26)21-22-18-10-5-3-7-20-17(10)23-29-18;1-30(25,26)23-11-6-2-4-9-14(11)12(8-13(15(9)24)31(18,27)28)20-21-17-10-5-3-7-19-16(10)22-29-17;1-27(24,25)22-13-6-2-4-10-14(23)8-7-12(15(10)13)19-20-17-11-5-3-9-18-16(11)21-26-17;1-17(2)8-12(24)19-14-10(5-6-11(23)13(14)17)20-21-16-9-4-3-7-18-15(9)22-25-16/h2-8,24-25H,1H3,(H2,19,26);2-8,23-24H,1H3,(H2,18,27,28);2-9,22-23H,1H3;3-7,23H,8H2,1-2H3,(H,19,24). The van der Waals surface area contributed by atoms with Gasteiger partial charge in [0.1, 0.15) is 33.6 Å². The zero-order valence-electron chi connectivity index (χ0n) is 58.7. The third-order valence-corrected chi connectivity index (χ3v) is 21.9. The van der Waals surface area contributed by atoms with Crippen LogP contribution in [0, 0.1) is 0 Å². The number of benzene rings is 7. The predicted molar refractivity (Wildman–Crippen MR) is 433 cm³/mol. The van der Waals surface area contributed by atoms with E-state index in [1.807, 2.05) is 32.0 Å². The summed E-state index contributed by atoms with van der Waals surface area (Å²) in [6, 6.07) is 36.8. The lowest BCUT2D eigenvalue weighted by Gasteiger charge is -2.33. The van der Waals surface area contributed by atoms with Crippen LogP contribution in [-0.4, -0.2) is 122 Å². The van der Waals surface area contributed by atoms with Crippen LogP contribution in [0.15, 0.2) is 210 Å². The molecule has 12 N–H and O–H groups in total. The predicted octanol–water partition coefficient (Wildman–Crippen LogP) is 15.2. The highest BCUT2D eigenvalue weighted by atomic mass is 32.2. The molecule has 15 aromatic rings. The molecule has 0 radical (unpaired) electrons. The van der Waals surface area contributed by atoms with Gasteiger partial charge < -0.3 is 31.5 Å². The first-order valence-corrected chi connectivity index (χ1v) is 42.7. The molecule has 0 atom stereocenters. The summed E-state index contributed by atoms with van der Waals surface area (Å²) in [6.45, 7) is 3.85. The summed E-state index contributed by atoms with van der Waals surface area (Å²) in [5.41, 5.74) is 9.76. The van der Waals surface area contributed by atoms with Crippen LogP contribution in [0.5, 0.6) is 23.0 Å². The highest BCUT2D eigenvalue weighted by Gasteiger charge is 2.36. The molecule has 7 aromatic carbocycles. The number of aromatic nitrogens is 8. The molecule has 0 saturated heterocycles. The van der Waals surface area contributed by atoms with Gasteiger partial charge in [0.15, 0.2) is 42.6 Å². The number of amides is 2. The number of rotatable bonds is 16. The summed E-state index contributed by atoms with van der Waals surface area (Å²) in [4.78, 5) is 39.8. The normalized spacial score (nSPS) is 13.2. The van der Waals surface area contributed by atoms with Gasteiger partial charge in [-0.2, -0.15) is 17.5 Å². The van der Waals surface area contributed by atoms with Crippen LogP contribution in [0.4, 0.5) is 65.5 Å². The lowest BCUT2D eigenvalue weighted by atomic mass is 9.77. The largest absolute Gasteiger partial charge is 0.508 e. The smallest absolute Gasteiger partial charge is 0.252 e. The van der Waals surface area contributed by atoms with Gasteiger partial charge in [-0.25, -0.2) is 58.7 Å². The average Bonchev–Trinajstić information content (AvgIpc) is 1.33. The van der Waals surface area contributed by atoms with Crippen LogP contribution < -0.4 is 30.4 Å². The summed E-state index contributed by atoms with van der Waals surface area (Å²) in [7, 11) is -15.1. The van der Waals surface area contributed by atoms with Crippen LogP contribution in [-0.2, 0) is 50.3 Å². The van der Waals surface area contributed by atoms with E-state index in [-0.39, 0.29) is 73.0 Å². The van der Waals surface area contributed by atoms with Crippen molar-refractivity contribution in [2.45, 2.75) is 30.6 Å². The van der Waals surface area contributed by atoms with Crippen LogP contribution >= 0.6 is 46.1 Å². The topological polar surface area (TPSA) is 554 Å². The van der Waals surface area contributed by atoms with E-state index in [0.717, 1.165) is 58.7 Å². The van der Waals surface area contributed by atoms with E-state index in [4.69, 9.17) is 10.9 Å². The number of primary amides is 1. The van der Waals surface area contributed by atoms with Crippen molar-refractivity contribution in [3.8, 4) is 23.0 Å². The van der Waals surface area contributed by atoms with Crippen LogP contribution in [0.2, 0.25) is 0 Å². The molecule has 0 spiro atoms. The lowest BCUT2D eigenvalue weighted by Crippen LogP contribution is -2.32. The number of pyridine rings is 4. The summed E-state index contributed by atoms with van der Waals surface area (Å²) in [6.07, 6.45) is 9.85. The number of phenolic OH excluding ortho intramolecular Hbond substituents is 3. The minimum Gasteiger partial charge on any atom is -0.508 e. The van der Waals surface area contributed by atoms with Crippen molar-refractivity contribution in [2.75, 3.05) is 38.3 Å². The van der Waals surface area contributed by atoms with Gasteiger partial charge in [-0.1, -0.05) is 50.2 Å². The number of nitrogens with one attached hydrogen (secondary N) is 4. The summed E-state index contributed by atoms with van der Waals surface area (Å²) >= 11 is 4.51. The van der Waals surface area contributed by atoms with Gasteiger partial charge in [0.2, 0.25) is 46.0 Å². The molecule has 0 fully saturated rings. The van der Waals surface area contributed by atoms with Gasteiger partial charge >= 0.3 is 0 Å². The van der Waals surface area contributed by atoms with Gasteiger partial charge in [-0.05, 0) is 149 Å². The average molecular weight is 1670 g/mol. The fraction of sp³-hybridized carbons (Fsp3) is 0.101. The minimum absolute atomic E-state index is 0.0194. The molecule has 9 heterocycles. The number of carbonyl (C=O) groups is 2. The summed E-state index contributed by atoms with van der Waals surface area (Å²) in [5.74, 6) is -1.80. The lowest BCUT2D eigenvalue weighted by molar-refractivity contribution is -0.117. The Bertz CT molecular complexity index is 7000. The zero-order chi connectivity index (χ0) is 80.5. The Morgan fingerprint density at radius 2 is 0.805 bits per heavy atom. The Hall–Kier alpha value is -12.8. The number of sulfonamides is 4. The number of nitrogens with zero attached hydrogens (tertiary/aromatic N) is 16. The van der Waals surface area contributed by atoms with Crippen molar-refractivity contribution in [1.29, 1.82) is 0 Å². The molecule has 2 amide bonds. The molecule has 0 bridgehead atoms. The molecule has 1 aliphatic heterocycles. The molecule has 574 valence electrons. The van der Waals surface area contributed by atoms with Crippen molar-refractivity contribution >= 4 is 240 Å². The molecule has 16 rings (SSSR count). The molecule has 8 aromatic heterocycles. The number of carbonyl (C=O) groups excluding carboxylic acids is 2. The number of nitrogens with two attached hydrogens (primary N) is 2. The van der Waals surface area contributed by atoms with E-state index in [1.165, 1.54) is 71.6 Å². The fourth-order valence-electron chi connectivity index (χ4n) is 11.7. The number of phenols is 4. The van der Waals surface area contributed by atoms with E-state index < -0.39 is 62.1 Å². The van der Waals surface area contributed by atoms with Crippen LogP contribution in [0.3, 0.4) is 0 Å². The van der Waals surface area contributed by atoms with E-state index in [2.05, 4.69) is 97.8 Å². The Labute approximate surface area is 655 Å². The molecule has 0 aliphatic carbocycles. The molecular weight excluding hydrogens is 1620 g/mol. The van der Waals surface area contributed by atoms with E-state index >= 15 is 0 Å². The van der Waals surface area contributed by atoms with Crippen LogP contribution in [0.25, 0.3) is 76.5 Å². The SMILES string of the molecule is CC1(C)CC(=O)Nc2c(N=Nc3snc4ncccc34)ccc(O)c21.CS(=O)(=O)Nc1cccc2c(O)c(C(N)=O)cc(N=Nc3snc4ncccc34)c12.CS(=O)(=O)Nc1cccc2c(O)c(S(N)(=O)=O)cc(N=Nc3snc4ncccc34)c12.CS(=O)(=O)Nc1cccc2c(O)ccc(N=Nc3snc4ncccc34)c12. The summed E-state index contributed by atoms with van der Waals surface area (Å²) in [5, 5.41) is 89.9. The third kappa shape index (κ3) is 17.5. The maximum atomic E-state index is 12.0. The second-order valence-electron chi connectivity index (χ2n) is 25.1. The van der Waals surface area contributed by atoms with Gasteiger partial charge in [0, 0.05) is 74.5 Å². The third-order valence-electron chi connectivity index (χ3n) is 16.3. The Kier molecular flexibility index (Phi) is 21.8. The maximum Gasteiger partial charge on any atom is 0.252 e. The van der Waals surface area contributed by atoms with Gasteiger partial charge in [0.25, 0.3) is 5.91 Å². The maximum absolute atomic E-state index is 12.0. The quantitative estimate of drug-likeness (QED) is 0.0402. The monoisotopic (exact) mass is 1670 g/mol. The second-order valence-corrected chi connectivity index (χ2v) is 34.8. The number of hydrogen-bond donors (Lipinski definition) is 10. The highest BCUT2D eigenvalue weighted by Crippen LogP contribution is 2.49. The van der Waals surface area contributed by atoms with Crippen molar-refractivity contribution in [2.24, 2.45) is 51.8 Å². The molecule has 36 nitrogen and oxygen atoms in total. The van der Waals surface area contributed by atoms with Gasteiger partial charge in [-0.3, -0.25) is 23.8 Å². The first-order chi connectivity index (χ1) is 53.7.